The maximum atomic E-state index is 12.2. The quantitative estimate of drug-likeness (QED) is 0.849. The number of allylic oxidation sites excluding steroid dienone is 2. The molecule has 0 aliphatic heterocycles. The third kappa shape index (κ3) is 4.48. The van der Waals surface area contributed by atoms with Gasteiger partial charge in [-0.15, -0.1) is 9.24 Å². The molecule has 5 heteroatoms. The van der Waals surface area contributed by atoms with Crippen molar-refractivity contribution in [3.63, 3.8) is 0 Å². The second kappa shape index (κ2) is 8.71. The molecule has 0 aromatic heterocycles. The predicted octanol–water partition coefficient (Wildman–Crippen LogP) is 2.48. The van der Waals surface area contributed by atoms with Gasteiger partial charge in [0.05, 0.1) is 6.61 Å². The van der Waals surface area contributed by atoms with Gasteiger partial charge in [0, 0.05) is 24.3 Å². The van der Waals surface area contributed by atoms with Crippen molar-refractivity contribution in [1.29, 1.82) is 0 Å². The fourth-order valence-electron chi connectivity index (χ4n) is 1.89. The van der Waals surface area contributed by atoms with Crippen LogP contribution in [0.1, 0.15) is 34.1 Å². The highest BCUT2D eigenvalue weighted by atomic mass is 31.0. The standard InChI is InChI=1S/C15H17O3P.CH4O/c1-10(9-19)6-7-18-14-8-13(16)11-4-2-3-5-12(11)15(14)17;1-2/h2-5,8,10H,6-7,9,19H2,1H3;2H,1H3. The molecule has 0 amide bonds. The van der Waals surface area contributed by atoms with Gasteiger partial charge in [0.1, 0.15) is 0 Å². The summed E-state index contributed by atoms with van der Waals surface area (Å²) in [5, 5.41) is 7.00. The maximum absolute atomic E-state index is 12.2. The molecule has 0 heterocycles. The molecule has 2 unspecified atom stereocenters. The smallest absolute Gasteiger partial charge is 0.228 e. The van der Waals surface area contributed by atoms with E-state index in [0.717, 1.165) is 19.7 Å². The van der Waals surface area contributed by atoms with Crippen molar-refractivity contribution in [2.45, 2.75) is 13.3 Å². The first-order chi connectivity index (χ1) is 10.1. The highest BCUT2D eigenvalue weighted by Crippen LogP contribution is 2.22. The largest absolute Gasteiger partial charge is 0.489 e. The Morgan fingerprint density at radius 3 is 2.43 bits per heavy atom. The Balaban J connectivity index is 0.00000106. The summed E-state index contributed by atoms with van der Waals surface area (Å²) >= 11 is 0. The number of ketones is 2. The second-order valence-electron chi connectivity index (χ2n) is 4.73. The van der Waals surface area contributed by atoms with Crippen LogP contribution in [0.2, 0.25) is 0 Å². The van der Waals surface area contributed by atoms with Crippen LogP contribution in [0.25, 0.3) is 0 Å². The molecule has 1 aromatic rings. The number of rotatable bonds is 5. The van der Waals surface area contributed by atoms with Crippen LogP contribution in [0.5, 0.6) is 0 Å². The molecule has 0 saturated heterocycles. The summed E-state index contributed by atoms with van der Waals surface area (Å²) < 4.78 is 5.48. The number of hydrogen-bond donors (Lipinski definition) is 1. The van der Waals surface area contributed by atoms with Crippen LogP contribution in [0.15, 0.2) is 36.1 Å². The SMILES string of the molecule is CC(CP)CCOC1=CC(=O)c2ccccc2C1=O.CO. The summed E-state index contributed by atoms with van der Waals surface area (Å²) in [6, 6.07) is 6.84. The Hall–Kier alpha value is -1.51. The fraction of sp³-hybridized carbons (Fsp3) is 0.375. The van der Waals surface area contributed by atoms with Gasteiger partial charge in [-0.05, 0) is 18.5 Å². The number of aliphatic hydroxyl groups is 1. The van der Waals surface area contributed by atoms with Gasteiger partial charge in [-0.3, -0.25) is 9.59 Å². The van der Waals surface area contributed by atoms with E-state index in [1.54, 1.807) is 24.3 Å². The van der Waals surface area contributed by atoms with Crippen molar-refractivity contribution in [3.8, 4) is 0 Å². The highest BCUT2D eigenvalue weighted by Gasteiger charge is 2.26. The molecule has 2 rings (SSSR count). The van der Waals surface area contributed by atoms with Gasteiger partial charge in [0.2, 0.25) is 5.78 Å². The number of ether oxygens (including phenoxy) is 1. The molecule has 0 saturated carbocycles. The van der Waals surface area contributed by atoms with E-state index in [2.05, 4.69) is 16.2 Å². The molecular formula is C16H21O4P. The molecule has 0 radical (unpaired) electrons. The van der Waals surface area contributed by atoms with Crippen molar-refractivity contribution in [2.75, 3.05) is 19.9 Å². The Bertz CT molecular complexity index is 537. The van der Waals surface area contributed by atoms with Gasteiger partial charge in [-0.25, -0.2) is 0 Å². The van der Waals surface area contributed by atoms with Crippen LogP contribution in [-0.2, 0) is 4.74 Å². The molecular weight excluding hydrogens is 287 g/mol. The molecule has 2 atom stereocenters. The third-order valence-corrected chi connectivity index (χ3v) is 4.00. The van der Waals surface area contributed by atoms with Crippen molar-refractivity contribution in [3.05, 3.63) is 47.2 Å². The van der Waals surface area contributed by atoms with E-state index in [1.165, 1.54) is 6.08 Å². The number of carbonyl (C=O) groups is 2. The lowest BCUT2D eigenvalue weighted by Crippen LogP contribution is -2.19. The topological polar surface area (TPSA) is 63.6 Å². The Labute approximate surface area is 127 Å². The summed E-state index contributed by atoms with van der Waals surface area (Å²) in [6.45, 7) is 2.58. The zero-order chi connectivity index (χ0) is 15.8. The lowest BCUT2D eigenvalue weighted by Gasteiger charge is -2.16. The minimum atomic E-state index is -0.200. The van der Waals surface area contributed by atoms with E-state index < -0.39 is 0 Å². The average Bonchev–Trinajstić information content (AvgIpc) is 2.53. The van der Waals surface area contributed by atoms with Crippen molar-refractivity contribution in [1.82, 2.24) is 0 Å². The van der Waals surface area contributed by atoms with Gasteiger partial charge >= 0.3 is 0 Å². The zero-order valence-electron chi connectivity index (χ0n) is 12.3. The third-order valence-electron chi connectivity index (χ3n) is 3.19. The van der Waals surface area contributed by atoms with E-state index in [-0.39, 0.29) is 17.3 Å². The van der Waals surface area contributed by atoms with Crippen LogP contribution >= 0.6 is 9.24 Å². The molecule has 1 aromatic carbocycles. The monoisotopic (exact) mass is 308 g/mol. The normalized spacial score (nSPS) is 14.6. The first kappa shape index (κ1) is 17.5. The number of benzene rings is 1. The molecule has 1 aliphatic rings. The van der Waals surface area contributed by atoms with Gasteiger partial charge in [0.25, 0.3) is 0 Å². The number of hydrogen-bond acceptors (Lipinski definition) is 4. The molecule has 0 fully saturated rings. The number of Topliss-reactive ketones (excluding diaryl/α,β-unsaturated/α-hetero) is 1. The van der Waals surface area contributed by atoms with E-state index in [9.17, 15) is 9.59 Å². The lowest BCUT2D eigenvalue weighted by atomic mass is 9.94. The van der Waals surface area contributed by atoms with Crippen molar-refractivity contribution < 1.29 is 19.4 Å². The van der Waals surface area contributed by atoms with Crippen molar-refractivity contribution in [2.24, 2.45) is 5.92 Å². The van der Waals surface area contributed by atoms with Gasteiger partial charge in [-0.1, -0.05) is 31.2 Å². The number of carbonyl (C=O) groups excluding carboxylic acids is 2. The summed E-state index contributed by atoms with van der Waals surface area (Å²) in [7, 11) is 3.69. The first-order valence-electron chi connectivity index (χ1n) is 6.81. The first-order valence-corrected chi connectivity index (χ1v) is 7.62. The Morgan fingerprint density at radius 2 is 1.81 bits per heavy atom. The van der Waals surface area contributed by atoms with Gasteiger partial charge < -0.3 is 9.84 Å². The highest BCUT2D eigenvalue weighted by molar-refractivity contribution is 7.16. The van der Waals surface area contributed by atoms with Crippen LogP contribution < -0.4 is 0 Å². The fourth-order valence-corrected chi connectivity index (χ4v) is 2.12. The predicted molar refractivity (Wildman–Crippen MR) is 85.6 cm³/mol. The van der Waals surface area contributed by atoms with Gasteiger partial charge in [-0.2, -0.15) is 0 Å². The van der Waals surface area contributed by atoms with Crippen LogP contribution in [0.3, 0.4) is 0 Å². The summed E-state index contributed by atoms with van der Waals surface area (Å²) in [4.78, 5) is 24.0. The van der Waals surface area contributed by atoms with E-state index in [0.29, 0.717) is 23.7 Å². The summed E-state index contributed by atoms with van der Waals surface area (Å²) in [5.41, 5.74) is 0.891. The lowest BCUT2D eigenvalue weighted by molar-refractivity contribution is 0.0875. The van der Waals surface area contributed by atoms with Crippen LogP contribution in [0, 0.1) is 5.92 Å². The minimum absolute atomic E-state index is 0.163. The zero-order valence-corrected chi connectivity index (χ0v) is 13.5. The Kier molecular flexibility index (Phi) is 7.27. The van der Waals surface area contributed by atoms with Crippen molar-refractivity contribution >= 4 is 20.8 Å². The molecule has 0 bridgehead atoms. The second-order valence-corrected chi connectivity index (χ2v) is 5.20. The number of aliphatic hydroxyl groups excluding tert-OH is 1. The van der Waals surface area contributed by atoms with Gasteiger partial charge in [0.15, 0.2) is 11.5 Å². The van der Waals surface area contributed by atoms with Crippen LogP contribution in [-0.4, -0.2) is 36.6 Å². The minimum Gasteiger partial charge on any atom is -0.489 e. The molecule has 1 aliphatic carbocycles. The Morgan fingerprint density at radius 1 is 1.19 bits per heavy atom. The molecule has 0 spiro atoms. The molecule has 114 valence electrons. The summed E-state index contributed by atoms with van der Waals surface area (Å²) in [6.07, 6.45) is 3.16. The number of fused-ring (bicyclic) bond motifs is 1. The van der Waals surface area contributed by atoms with E-state index in [1.807, 2.05) is 0 Å². The average molecular weight is 308 g/mol. The molecule has 4 nitrogen and oxygen atoms in total. The van der Waals surface area contributed by atoms with E-state index in [4.69, 9.17) is 9.84 Å². The van der Waals surface area contributed by atoms with Crippen LogP contribution in [0.4, 0.5) is 0 Å². The maximum Gasteiger partial charge on any atom is 0.228 e. The molecule has 21 heavy (non-hydrogen) atoms. The van der Waals surface area contributed by atoms with E-state index >= 15 is 0 Å². The molecule has 1 N–H and O–H groups in total. The summed E-state index contributed by atoms with van der Waals surface area (Å²) in [5.74, 6) is 0.324.